The molecule has 2 aromatic carbocycles. The zero-order chi connectivity index (χ0) is 22.6. The fourth-order valence-corrected chi connectivity index (χ4v) is 3.35. The maximum Gasteiger partial charge on any atom is 0.325 e. The van der Waals surface area contributed by atoms with Gasteiger partial charge in [0, 0.05) is 0 Å². The molecule has 5 amide bonds. The number of para-hydroxylation sites is 1. The number of nitrogens with zero attached hydrogens (tertiary/aromatic N) is 1. The summed E-state index contributed by atoms with van der Waals surface area (Å²) in [5, 5.41) is 8.17. The quantitative estimate of drug-likeness (QED) is 0.596. The van der Waals surface area contributed by atoms with Crippen LogP contribution in [0.15, 0.2) is 54.6 Å². The minimum atomic E-state index is -1.01. The number of urea groups is 1. The van der Waals surface area contributed by atoms with E-state index in [0.717, 1.165) is 10.5 Å². The highest BCUT2D eigenvalue weighted by Crippen LogP contribution is 2.21. The molecule has 0 aliphatic carbocycles. The second kappa shape index (κ2) is 8.99. The molecule has 162 valence electrons. The van der Waals surface area contributed by atoms with Gasteiger partial charge < -0.3 is 16.0 Å². The van der Waals surface area contributed by atoms with Gasteiger partial charge in [0.2, 0.25) is 5.91 Å². The number of carbonyl (C=O) groups is 4. The maximum absolute atomic E-state index is 12.8. The van der Waals surface area contributed by atoms with E-state index in [1.807, 2.05) is 37.3 Å². The fourth-order valence-electron chi connectivity index (χ4n) is 3.35. The minimum Gasteiger partial charge on any atom is -0.345 e. The number of imide groups is 1. The first-order chi connectivity index (χ1) is 14.7. The van der Waals surface area contributed by atoms with Crippen LogP contribution in [0, 0.1) is 0 Å². The lowest BCUT2D eigenvalue weighted by atomic mass is 9.99. The van der Waals surface area contributed by atoms with Gasteiger partial charge in [-0.05, 0) is 38.0 Å². The Kier molecular flexibility index (Phi) is 6.39. The van der Waals surface area contributed by atoms with Crippen molar-refractivity contribution in [1.82, 2.24) is 15.5 Å². The summed E-state index contributed by atoms with van der Waals surface area (Å²) in [6.07, 6.45) is 0.415. The van der Waals surface area contributed by atoms with Crippen molar-refractivity contribution in [1.29, 1.82) is 0 Å². The molecule has 8 nitrogen and oxygen atoms in total. The van der Waals surface area contributed by atoms with Gasteiger partial charge in [-0.1, -0.05) is 49.4 Å². The molecule has 1 aliphatic rings. The van der Waals surface area contributed by atoms with Crippen molar-refractivity contribution >= 4 is 29.4 Å². The number of amides is 5. The second-order valence-corrected chi connectivity index (χ2v) is 7.71. The topological polar surface area (TPSA) is 108 Å². The van der Waals surface area contributed by atoms with Crippen molar-refractivity contribution in [3.05, 3.63) is 65.7 Å². The average molecular weight is 422 g/mol. The highest BCUT2D eigenvalue weighted by Gasteiger charge is 2.47. The van der Waals surface area contributed by atoms with E-state index >= 15 is 0 Å². The van der Waals surface area contributed by atoms with E-state index in [2.05, 4.69) is 16.0 Å². The SMILES string of the molecule is CC[C@@]1(C)NC(=O)N(CC(=O)Nc2ccccc2C(=O)N[C@H](C)c2ccccc2)C1=O. The van der Waals surface area contributed by atoms with Gasteiger partial charge in [-0.25, -0.2) is 4.79 Å². The van der Waals surface area contributed by atoms with Crippen LogP contribution >= 0.6 is 0 Å². The lowest BCUT2D eigenvalue weighted by molar-refractivity contribution is -0.133. The molecule has 0 aromatic heterocycles. The lowest BCUT2D eigenvalue weighted by Crippen LogP contribution is -2.44. The minimum absolute atomic E-state index is 0.227. The van der Waals surface area contributed by atoms with Crippen molar-refractivity contribution in [3.8, 4) is 0 Å². The van der Waals surface area contributed by atoms with E-state index in [-0.39, 0.29) is 17.5 Å². The van der Waals surface area contributed by atoms with Gasteiger partial charge in [0.25, 0.3) is 11.8 Å². The predicted octanol–water partition coefficient (Wildman–Crippen LogP) is 2.84. The van der Waals surface area contributed by atoms with Crippen molar-refractivity contribution in [2.24, 2.45) is 0 Å². The second-order valence-electron chi connectivity index (χ2n) is 7.71. The van der Waals surface area contributed by atoms with Crippen molar-refractivity contribution in [2.45, 2.75) is 38.8 Å². The molecule has 3 N–H and O–H groups in total. The van der Waals surface area contributed by atoms with E-state index in [1.54, 1.807) is 38.1 Å². The molecule has 0 radical (unpaired) electrons. The number of rotatable bonds is 7. The number of hydrogen-bond donors (Lipinski definition) is 3. The largest absolute Gasteiger partial charge is 0.345 e. The van der Waals surface area contributed by atoms with Crippen LogP contribution in [-0.4, -0.2) is 40.7 Å². The van der Waals surface area contributed by atoms with Crippen LogP contribution in [0.4, 0.5) is 10.5 Å². The van der Waals surface area contributed by atoms with E-state index in [0.29, 0.717) is 12.1 Å². The summed E-state index contributed by atoms with van der Waals surface area (Å²) in [5.41, 5.74) is 0.530. The Morgan fingerprint density at radius 1 is 1.06 bits per heavy atom. The van der Waals surface area contributed by atoms with Crippen LogP contribution in [0.5, 0.6) is 0 Å². The zero-order valence-electron chi connectivity index (χ0n) is 17.8. The van der Waals surface area contributed by atoms with Gasteiger partial charge in [0.05, 0.1) is 17.3 Å². The molecular weight excluding hydrogens is 396 g/mol. The Hall–Kier alpha value is -3.68. The van der Waals surface area contributed by atoms with Gasteiger partial charge in [-0.3, -0.25) is 19.3 Å². The van der Waals surface area contributed by atoms with Crippen molar-refractivity contribution < 1.29 is 19.2 Å². The summed E-state index contributed by atoms with van der Waals surface area (Å²) in [5.74, 6) is -1.36. The summed E-state index contributed by atoms with van der Waals surface area (Å²) in [6, 6.07) is 15.3. The first-order valence-corrected chi connectivity index (χ1v) is 10.1. The van der Waals surface area contributed by atoms with Gasteiger partial charge >= 0.3 is 6.03 Å². The Balaban J connectivity index is 1.69. The van der Waals surface area contributed by atoms with Gasteiger partial charge in [0.15, 0.2) is 0 Å². The number of nitrogens with one attached hydrogen (secondary N) is 3. The van der Waals surface area contributed by atoms with Gasteiger partial charge in [0.1, 0.15) is 12.1 Å². The van der Waals surface area contributed by atoms with Crippen LogP contribution in [0.2, 0.25) is 0 Å². The third kappa shape index (κ3) is 4.74. The Bertz CT molecular complexity index is 1010. The molecular formula is C23H26N4O4. The monoisotopic (exact) mass is 422 g/mol. The summed E-state index contributed by atoms with van der Waals surface area (Å²) in [6.45, 7) is 4.85. The van der Waals surface area contributed by atoms with Gasteiger partial charge in [-0.2, -0.15) is 0 Å². The fraction of sp³-hybridized carbons (Fsp3) is 0.304. The molecule has 0 bridgehead atoms. The van der Waals surface area contributed by atoms with Crippen molar-refractivity contribution in [3.63, 3.8) is 0 Å². The number of carbonyl (C=O) groups excluding carboxylic acids is 4. The molecule has 8 heteroatoms. The first kappa shape index (κ1) is 22.0. The number of hydrogen-bond acceptors (Lipinski definition) is 4. The van der Waals surface area contributed by atoms with Crippen molar-refractivity contribution in [2.75, 3.05) is 11.9 Å². The lowest BCUT2D eigenvalue weighted by Gasteiger charge is -2.19. The maximum atomic E-state index is 12.8. The zero-order valence-corrected chi connectivity index (χ0v) is 17.8. The third-order valence-electron chi connectivity index (χ3n) is 5.45. The highest BCUT2D eigenvalue weighted by molar-refractivity contribution is 6.10. The molecule has 2 aromatic rings. The molecule has 1 saturated heterocycles. The predicted molar refractivity (Wildman–Crippen MR) is 116 cm³/mol. The van der Waals surface area contributed by atoms with Crippen LogP contribution < -0.4 is 16.0 Å². The molecule has 1 heterocycles. The number of anilines is 1. The highest BCUT2D eigenvalue weighted by atomic mass is 16.2. The molecule has 0 spiro atoms. The van der Waals surface area contributed by atoms with E-state index in [4.69, 9.17) is 0 Å². The third-order valence-corrected chi connectivity index (χ3v) is 5.45. The summed E-state index contributed by atoms with van der Waals surface area (Å²) >= 11 is 0. The summed E-state index contributed by atoms with van der Waals surface area (Å²) < 4.78 is 0. The molecule has 0 saturated carbocycles. The molecule has 0 unspecified atom stereocenters. The Morgan fingerprint density at radius 3 is 2.35 bits per heavy atom. The molecule has 2 atom stereocenters. The average Bonchev–Trinajstić information content (AvgIpc) is 2.98. The Labute approximate surface area is 181 Å². The standard InChI is InChI=1S/C23H26N4O4/c1-4-23(3)21(30)27(22(31)26-23)14-19(28)25-18-13-9-8-12-17(18)20(29)24-15(2)16-10-6-5-7-11-16/h5-13,15H,4,14H2,1-3H3,(H,24,29)(H,25,28)(H,26,31)/t15-,23-/m1/s1. The first-order valence-electron chi connectivity index (χ1n) is 10.1. The molecule has 1 aliphatic heterocycles. The number of benzene rings is 2. The summed E-state index contributed by atoms with van der Waals surface area (Å²) in [4.78, 5) is 50.9. The Morgan fingerprint density at radius 2 is 1.71 bits per heavy atom. The molecule has 3 rings (SSSR count). The van der Waals surface area contributed by atoms with E-state index in [1.165, 1.54) is 0 Å². The van der Waals surface area contributed by atoms with Gasteiger partial charge in [-0.15, -0.1) is 0 Å². The van der Waals surface area contributed by atoms with Crippen LogP contribution in [0.3, 0.4) is 0 Å². The molecule has 31 heavy (non-hydrogen) atoms. The summed E-state index contributed by atoms with van der Waals surface area (Å²) in [7, 11) is 0. The van der Waals surface area contributed by atoms with Crippen LogP contribution in [-0.2, 0) is 9.59 Å². The molecule has 1 fully saturated rings. The van der Waals surface area contributed by atoms with Crippen LogP contribution in [0.1, 0.15) is 49.2 Å². The normalized spacial score (nSPS) is 19.0. The van der Waals surface area contributed by atoms with Crippen LogP contribution in [0.25, 0.3) is 0 Å². The van der Waals surface area contributed by atoms with E-state index in [9.17, 15) is 19.2 Å². The smallest absolute Gasteiger partial charge is 0.325 e. The van der Waals surface area contributed by atoms with E-state index < -0.39 is 29.9 Å².